The molecule has 1 aromatic heterocycles. The van der Waals surface area contributed by atoms with Gasteiger partial charge in [0.15, 0.2) is 0 Å². The summed E-state index contributed by atoms with van der Waals surface area (Å²) in [5, 5.41) is 3.40. The lowest BCUT2D eigenvalue weighted by Crippen LogP contribution is -2.45. The molecule has 1 N–H and O–H groups in total. The van der Waals surface area contributed by atoms with Gasteiger partial charge in [-0.1, -0.05) is 6.92 Å². The number of hydrogen-bond donors (Lipinski definition) is 1. The average Bonchev–Trinajstić information content (AvgIpc) is 2.42. The van der Waals surface area contributed by atoms with Crippen molar-refractivity contribution in [3.05, 3.63) is 17.5 Å². The van der Waals surface area contributed by atoms with E-state index in [1.54, 1.807) is 0 Å². The molecule has 1 aliphatic rings. The van der Waals surface area contributed by atoms with Crippen molar-refractivity contribution in [3.8, 4) is 0 Å². The molecule has 106 valence electrons. The van der Waals surface area contributed by atoms with Gasteiger partial charge in [0.05, 0.1) is 0 Å². The van der Waals surface area contributed by atoms with Crippen LogP contribution < -0.4 is 10.2 Å². The molecule has 2 rings (SSSR count). The molecular formula is C14H25N5. The zero-order chi connectivity index (χ0) is 13.7. The second-order valence-corrected chi connectivity index (χ2v) is 5.25. The van der Waals surface area contributed by atoms with Gasteiger partial charge in [0.25, 0.3) is 0 Å². The van der Waals surface area contributed by atoms with E-state index in [0.717, 1.165) is 57.3 Å². The summed E-state index contributed by atoms with van der Waals surface area (Å²) < 4.78 is 0. The number of piperazine rings is 1. The van der Waals surface area contributed by atoms with Gasteiger partial charge in [-0.15, -0.1) is 0 Å². The van der Waals surface area contributed by atoms with Crippen molar-refractivity contribution in [2.45, 2.75) is 26.8 Å². The van der Waals surface area contributed by atoms with E-state index in [-0.39, 0.29) is 0 Å². The predicted molar refractivity (Wildman–Crippen MR) is 78.5 cm³/mol. The number of rotatable bonds is 5. The van der Waals surface area contributed by atoms with Gasteiger partial charge in [0.1, 0.15) is 0 Å². The number of likely N-dealkylation sites (N-methyl/N-ethyl adjacent to an activating group) is 1. The Labute approximate surface area is 116 Å². The minimum absolute atomic E-state index is 0.864. The summed E-state index contributed by atoms with van der Waals surface area (Å²) in [7, 11) is 2.16. The molecule has 0 radical (unpaired) electrons. The number of aromatic nitrogens is 2. The molecule has 0 aliphatic carbocycles. The summed E-state index contributed by atoms with van der Waals surface area (Å²) in [4.78, 5) is 13.8. The molecule has 0 aromatic carbocycles. The highest BCUT2D eigenvalue weighted by atomic mass is 15.3. The van der Waals surface area contributed by atoms with E-state index in [1.165, 1.54) is 5.56 Å². The highest BCUT2D eigenvalue weighted by Gasteiger charge is 2.16. The Morgan fingerprint density at radius 3 is 2.63 bits per heavy atom. The molecule has 0 amide bonds. The molecule has 1 fully saturated rings. The van der Waals surface area contributed by atoms with Crippen molar-refractivity contribution in [1.29, 1.82) is 0 Å². The van der Waals surface area contributed by atoms with Crippen LogP contribution in [-0.4, -0.2) is 54.6 Å². The van der Waals surface area contributed by atoms with E-state index >= 15 is 0 Å². The second-order valence-electron chi connectivity index (χ2n) is 5.25. The van der Waals surface area contributed by atoms with Crippen LogP contribution in [0, 0.1) is 6.92 Å². The van der Waals surface area contributed by atoms with Crippen LogP contribution in [-0.2, 0) is 6.54 Å². The minimum atomic E-state index is 0.864. The molecule has 2 heterocycles. The summed E-state index contributed by atoms with van der Waals surface area (Å²) in [6.07, 6.45) is 3.12. The zero-order valence-electron chi connectivity index (χ0n) is 12.3. The molecule has 0 atom stereocenters. The van der Waals surface area contributed by atoms with E-state index in [9.17, 15) is 0 Å². The fourth-order valence-electron chi connectivity index (χ4n) is 2.21. The Kier molecular flexibility index (Phi) is 5.10. The summed E-state index contributed by atoms with van der Waals surface area (Å²) in [6, 6.07) is 0. The van der Waals surface area contributed by atoms with Crippen LogP contribution in [0.25, 0.3) is 0 Å². The lowest BCUT2D eigenvalue weighted by atomic mass is 10.2. The maximum absolute atomic E-state index is 4.66. The SMILES string of the molecule is CCCNCc1cnc(N2CCN(C)CC2)nc1C. The largest absolute Gasteiger partial charge is 0.338 e. The predicted octanol–water partition coefficient (Wildman–Crippen LogP) is 1.04. The van der Waals surface area contributed by atoms with Gasteiger partial charge in [-0.25, -0.2) is 9.97 Å². The van der Waals surface area contributed by atoms with Crippen LogP contribution in [0.2, 0.25) is 0 Å². The first kappa shape index (κ1) is 14.2. The second kappa shape index (κ2) is 6.82. The van der Waals surface area contributed by atoms with Crippen molar-refractivity contribution in [1.82, 2.24) is 20.2 Å². The molecule has 1 aliphatic heterocycles. The molecule has 0 saturated carbocycles. The van der Waals surface area contributed by atoms with Crippen LogP contribution in [0.5, 0.6) is 0 Å². The highest BCUT2D eigenvalue weighted by molar-refractivity contribution is 5.33. The number of anilines is 1. The molecule has 1 aromatic rings. The summed E-state index contributed by atoms with van der Waals surface area (Å²) in [5.74, 6) is 0.879. The zero-order valence-corrected chi connectivity index (χ0v) is 12.3. The fourth-order valence-corrected chi connectivity index (χ4v) is 2.21. The van der Waals surface area contributed by atoms with E-state index in [1.807, 2.05) is 6.20 Å². The summed E-state index contributed by atoms with van der Waals surface area (Å²) >= 11 is 0. The maximum Gasteiger partial charge on any atom is 0.225 e. The number of aryl methyl sites for hydroxylation is 1. The maximum atomic E-state index is 4.66. The molecule has 19 heavy (non-hydrogen) atoms. The van der Waals surface area contributed by atoms with Crippen LogP contribution in [0.3, 0.4) is 0 Å². The normalized spacial score (nSPS) is 16.9. The highest BCUT2D eigenvalue weighted by Crippen LogP contribution is 2.13. The van der Waals surface area contributed by atoms with Gasteiger partial charge >= 0.3 is 0 Å². The van der Waals surface area contributed by atoms with E-state index in [2.05, 4.69) is 46.0 Å². The standard InChI is InChI=1S/C14H25N5/c1-4-5-15-10-13-11-16-14(17-12(13)2)19-8-6-18(3)7-9-19/h11,15H,4-10H2,1-3H3. The number of hydrogen-bond acceptors (Lipinski definition) is 5. The fraction of sp³-hybridized carbons (Fsp3) is 0.714. The third-order valence-corrected chi connectivity index (χ3v) is 3.60. The van der Waals surface area contributed by atoms with Crippen molar-refractivity contribution in [3.63, 3.8) is 0 Å². The monoisotopic (exact) mass is 263 g/mol. The lowest BCUT2D eigenvalue weighted by Gasteiger charge is -2.32. The smallest absolute Gasteiger partial charge is 0.225 e. The molecule has 0 spiro atoms. The Bertz CT molecular complexity index is 399. The first-order valence-corrected chi connectivity index (χ1v) is 7.17. The van der Waals surface area contributed by atoms with Gasteiger partial charge in [0, 0.05) is 50.2 Å². The van der Waals surface area contributed by atoms with Gasteiger partial charge in [-0.2, -0.15) is 0 Å². The third kappa shape index (κ3) is 3.88. The average molecular weight is 263 g/mol. The first-order chi connectivity index (χ1) is 9.20. The first-order valence-electron chi connectivity index (χ1n) is 7.17. The van der Waals surface area contributed by atoms with Crippen LogP contribution in [0.4, 0.5) is 5.95 Å². The number of nitrogens with zero attached hydrogens (tertiary/aromatic N) is 4. The molecular weight excluding hydrogens is 238 g/mol. The topological polar surface area (TPSA) is 44.3 Å². The van der Waals surface area contributed by atoms with Crippen LogP contribution >= 0.6 is 0 Å². The third-order valence-electron chi connectivity index (χ3n) is 3.60. The van der Waals surface area contributed by atoms with Gasteiger partial charge < -0.3 is 15.1 Å². The minimum Gasteiger partial charge on any atom is -0.338 e. The molecule has 0 unspecified atom stereocenters. The Morgan fingerprint density at radius 2 is 2.00 bits per heavy atom. The van der Waals surface area contributed by atoms with E-state index in [0.29, 0.717) is 0 Å². The van der Waals surface area contributed by atoms with Gasteiger partial charge in [-0.05, 0) is 26.9 Å². The molecule has 5 heteroatoms. The molecule has 0 bridgehead atoms. The van der Waals surface area contributed by atoms with Crippen molar-refractivity contribution >= 4 is 5.95 Å². The Morgan fingerprint density at radius 1 is 1.26 bits per heavy atom. The van der Waals surface area contributed by atoms with Gasteiger partial charge in [0.2, 0.25) is 5.95 Å². The van der Waals surface area contributed by atoms with Gasteiger partial charge in [-0.3, -0.25) is 0 Å². The Balaban J connectivity index is 1.98. The van der Waals surface area contributed by atoms with Crippen molar-refractivity contribution < 1.29 is 0 Å². The summed E-state index contributed by atoms with van der Waals surface area (Å²) in [6.45, 7) is 10.4. The van der Waals surface area contributed by atoms with Crippen molar-refractivity contribution in [2.75, 3.05) is 44.7 Å². The lowest BCUT2D eigenvalue weighted by molar-refractivity contribution is 0.311. The molecule has 5 nitrogen and oxygen atoms in total. The quantitative estimate of drug-likeness (QED) is 0.804. The summed E-state index contributed by atoms with van der Waals surface area (Å²) in [5.41, 5.74) is 2.29. The molecule has 1 saturated heterocycles. The van der Waals surface area contributed by atoms with Crippen LogP contribution in [0.1, 0.15) is 24.6 Å². The van der Waals surface area contributed by atoms with Crippen molar-refractivity contribution in [2.24, 2.45) is 0 Å². The Hall–Kier alpha value is -1.20. The number of nitrogens with one attached hydrogen (secondary N) is 1. The van der Waals surface area contributed by atoms with E-state index < -0.39 is 0 Å². The van der Waals surface area contributed by atoms with E-state index in [4.69, 9.17) is 0 Å². The van der Waals surface area contributed by atoms with Crippen LogP contribution in [0.15, 0.2) is 6.20 Å².